The van der Waals surface area contributed by atoms with Crippen LogP contribution >= 0.6 is 0 Å². The van der Waals surface area contributed by atoms with Crippen molar-refractivity contribution in [3.8, 4) is 0 Å². The van der Waals surface area contributed by atoms with Crippen LogP contribution in [-0.4, -0.2) is 0 Å². The maximum atomic E-state index is 5.57. The summed E-state index contributed by atoms with van der Waals surface area (Å²) in [5.41, 5.74) is 1.26. The summed E-state index contributed by atoms with van der Waals surface area (Å²) in [5, 5.41) is 0. The van der Waals surface area contributed by atoms with Crippen LogP contribution in [0.5, 0.6) is 0 Å². The summed E-state index contributed by atoms with van der Waals surface area (Å²) in [6.45, 7) is 0. The van der Waals surface area contributed by atoms with Crippen LogP contribution in [0.4, 0.5) is 0 Å². The van der Waals surface area contributed by atoms with Crippen molar-refractivity contribution in [1.29, 1.82) is 0 Å². The molecule has 2 saturated carbocycles. The summed E-state index contributed by atoms with van der Waals surface area (Å²) in [7, 11) is 0. The van der Waals surface area contributed by atoms with E-state index >= 15 is 0 Å². The first-order chi connectivity index (χ1) is 10.9. The van der Waals surface area contributed by atoms with E-state index in [1.54, 1.807) is 6.26 Å². The van der Waals surface area contributed by atoms with Crippen molar-refractivity contribution in [1.82, 2.24) is 0 Å². The minimum atomic E-state index is 0. The molecule has 2 aromatic rings. The van der Waals surface area contributed by atoms with Crippen LogP contribution in [0.25, 0.3) is 0 Å². The molecule has 1 unspecified atom stereocenters. The number of rotatable bonds is 3. The maximum Gasteiger partial charge on any atom is 2.00 e. The van der Waals surface area contributed by atoms with Crippen LogP contribution in [0.2, 0.25) is 0 Å². The third-order valence-electron chi connectivity index (χ3n) is 3.54. The molecule has 114 valence electrons. The van der Waals surface area contributed by atoms with Crippen molar-refractivity contribution in [3.05, 3.63) is 124 Å². The molecule has 0 saturated heterocycles. The van der Waals surface area contributed by atoms with Crippen LogP contribution in [0.15, 0.2) is 53.1 Å². The molecule has 0 spiro atoms. The maximum absolute atomic E-state index is 5.57. The molecule has 0 aliphatic heterocycles. The first-order valence-corrected chi connectivity index (χ1v) is 7.42. The van der Waals surface area contributed by atoms with Crippen LogP contribution in [-0.2, 0) is 17.1 Å². The van der Waals surface area contributed by atoms with Crippen molar-refractivity contribution in [3.63, 3.8) is 0 Å². The van der Waals surface area contributed by atoms with E-state index in [0.29, 0.717) is 0 Å². The van der Waals surface area contributed by atoms with Gasteiger partial charge in [-0.25, -0.2) is 0 Å². The van der Waals surface area contributed by atoms with Gasteiger partial charge in [0.15, 0.2) is 0 Å². The van der Waals surface area contributed by atoms with Crippen molar-refractivity contribution in [2.45, 2.75) is 5.92 Å². The van der Waals surface area contributed by atoms with Gasteiger partial charge in [0.05, 0.1) is 6.26 Å². The molecule has 0 amide bonds. The number of benzene rings is 1. The monoisotopic (exact) mass is 342 g/mol. The smallest absolute Gasteiger partial charge is 0.469 e. The Morgan fingerprint density at radius 1 is 0.652 bits per heavy atom. The van der Waals surface area contributed by atoms with Gasteiger partial charge in [-0.3, -0.25) is 0 Å². The molecule has 1 atom stereocenters. The van der Waals surface area contributed by atoms with Crippen LogP contribution < -0.4 is 0 Å². The molecule has 1 aromatic heterocycles. The molecular weight excluding hydrogens is 324 g/mol. The first kappa shape index (κ1) is 18.4. The fraction of sp³-hybridized carbons (Fsp3) is 0.0476. The third-order valence-corrected chi connectivity index (χ3v) is 3.54. The minimum Gasteiger partial charge on any atom is -0.469 e. The summed E-state index contributed by atoms with van der Waals surface area (Å²) in [6, 6.07) is 14.4. The van der Waals surface area contributed by atoms with Crippen LogP contribution in [0.3, 0.4) is 0 Å². The number of hydrogen-bond acceptors (Lipinski definition) is 1. The van der Waals surface area contributed by atoms with E-state index in [2.05, 4.69) is 49.9 Å². The SMILES string of the molecule is [CH]1[CH][CH][CH][CH]1.[CH]1[CH][CH][C](C(c2ccccc2)c2ccco2)[CH]1.[Fe+2]. The molecule has 0 bridgehead atoms. The van der Waals surface area contributed by atoms with Crippen molar-refractivity contribution >= 4 is 0 Å². The fourth-order valence-electron chi connectivity index (χ4n) is 2.52. The van der Waals surface area contributed by atoms with E-state index < -0.39 is 0 Å². The predicted octanol–water partition coefficient (Wildman–Crippen LogP) is 4.84. The quantitative estimate of drug-likeness (QED) is 0.728. The van der Waals surface area contributed by atoms with E-state index in [-0.39, 0.29) is 23.0 Å². The Morgan fingerprint density at radius 3 is 1.78 bits per heavy atom. The van der Waals surface area contributed by atoms with Gasteiger partial charge in [0.25, 0.3) is 0 Å². The molecular formula is C21H18FeO+2. The standard InChI is InChI=1S/C16H13O.C5H5.Fe/c1-2-7-13(8-3-1)16(14-9-4-5-10-14)15-11-6-12-17-15;1-2-4-5-3-1;/h1-12,16H;1-5H;/q;;+2. The molecule has 2 fully saturated rings. The van der Waals surface area contributed by atoms with Gasteiger partial charge in [-0.1, -0.05) is 30.3 Å². The van der Waals surface area contributed by atoms with Gasteiger partial charge in [-0.2, -0.15) is 0 Å². The van der Waals surface area contributed by atoms with E-state index in [1.165, 1.54) is 11.5 Å². The van der Waals surface area contributed by atoms with Crippen LogP contribution in [0.1, 0.15) is 17.2 Å². The van der Waals surface area contributed by atoms with Gasteiger partial charge in [0.2, 0.25) is 0 Å². The summed E-state index contributed by atoms with van der Waals surface area (Å²) in [6.07, 6.45) is 20.1. The third kappa shape index (κ3) is 5.26. The second kappa shape index (κ2) is 10.0. The normalized spacial score (nSPS) is 18.8. The first-order valence-electron chi connectivity index (χ1n) is 7.42. The zero-order chi connectivity index (χ0) is 15.0. The summed E-state index contributed by atoms with van der Waals surface area (Å²) in [4.78, 5) is 0. The second-order valence-corrected chi connectivity index (χ2v) is 5.04. The van der Waals surface area contributed by atoms with E-state index in [0.717, 1.165) is 5.76 Å². The van der Waals surface area contributed by atoms with Crippen LogP contribution in [0, 0.1) is 63.7 Å². The van der Waals surface area contributed by atoms with Gasteiger partial charge in [0, 0.05) is 5.92 Å². The van der Waals surface area contributed by atoms with E-state index in [9.17, 15) is 0 Å². The second-order valence-electron chi connectivity index (χ2n) is 5.04. The molecule has 2 aliphatic carbocycles. The summed E-state index contributed by atoms with van der Waals surface area (Å²) < 4.78 is 5.57. The number of furan rings is 1. The van der Waals surface area contributed by atoms with E-state index in [4.69, 9.17) is 4.42 Å². The topological polar surface area (TPSA) is 13.1 Å². The molecule has 1 aromatic carbocycles. The molecule has 1 nitrogen and oxygen atoms in total. The average molecular weight is 342 g/mol. The Kier molecular flexibility index (Phi) is 7.99. The molecule has 2 heteroatoms. The van der Waals surface area contributed by atoms with Gasteiger partial charge >= 0.3 is 17.1 Å². The van der Waals surface area contributed by atoms with Gasteiger partial charge < -0.3 is 4.42 Å². The molecule has 23 heavy (non-hydrogen) atoms. The van der Waals surface area contributed by atoms with Crippen molar-refractivity contribution in [2.75, 3.05) is 0 Å². The van der Waals surface area contributed by atoms with Crippen molar-refractivity contribution in [2.24, 2.45) is 0 Å². The van der Waals surface area contributed by atoms with Gasteiger partial charge in [0.1, 0.15) is 5.76 Å². The zero-order valence-electron chi connectivity index (χ0n) is 12.7. The molecule has 2 aliphatic rings. The Hall–Kier alpha value is -0.981. The fourth-order valence-corrected chi connectivity index (χ4v) is 2.52. The van der Waals surface area contributed by atoms with E-state index in [1.807, 2.05) is 50.3 Å². The Morgan fingerprint density at radius 2 is 1.26 bits per heavy atom. The molecule has 10 radical (unpaired) electrons. The average Bonchev–Trinajstić information content (AvgIpc) is 3.34. The largest absolute Gasteiger partial charge is 2.00 e. The molecule has 1 heterocycles. The summed E-state index contributed by atoms with van der Waals surface area (Å²) >= 11 is 0. The Labute approximate surface area is 151 Å². The number of hydrogen-bond donors (Lipinski definition) is 0. The summed E-state index contributed by atoms with van der Waals surface area (Å²) in [5.74, 6) is 2.45. The molecule has 4 rings (SSSR count). The Bertz CT molecular complexity index is 502. The minimum absolute atomic E-state index is 0. The predicted molar refractivity (Wildman–Crippen MR) is 88.9 cm³/mol. The Balaban J connectivity index is 0.000000276. The zero-order valence-corrected chi connectivity index (χ0v) is 13.8. The van der Waals surface area contributed by atoms with Gasteiger partial charge in [-0.05, 0) is 81.4 Å². The van der Waals surface area contributed by atoms with Gasteiger partial charge in [-0.15, -0.1) is 0 Å². The molecule has 0 N–H and O–H groups in total. The van der Waals surface area contributed by atoms with Crippen molar-refractivity contribution < 1.29 is 21.5 Å².